The summed E-state index contributed by atoms with van der Waals surface area (Å²) in [6.07, 6.45) is 0.692. The maximum absolute atomic E-state index is 12.6. The minimum Gasteiger partial charge on any atom is -0.481 e. The van der Waals surface area contributed by atoms with E-state index in [2.05, 4.69) is 29.6 Å². The lowest BCUT2D eigenvalue weighted by Gasteiger charge is -2.18. The minimum absolute atomic E-state index is 0.0177. The molecular weight excluding hydrogens is 444 g/mol. The van der Waals surface area contributed by atoms with Crippen molar-refractivity contribution in [2.24, 2.45) is 17.8 Å². The fourth-order valence-electron chi connectivity index (χ4n) is 5.26. The zero-order chi connectivity index (χ0) is 24.9. The Balaban J connectivity index is 1.19. The number of alkyl carbamates (subject to hydrolysis) is 1. The summed E-state index contributed by atoms with van der Waals surface area (Å²) in [6.45, 7) is 5.83. The maximum Gasteiger partial charge on any atom is 0.407 e. The second kappa shape index (κ2) is 10.9. The number of likely N-dealkylation sites (tertiary alicyclic amines) is 1. The number of hydrogen-bond acceptors (Lipinski definition) is 4. The SMILES string of the molecule is CC(CCC(=O)N1CC(C)C(CC(=O)O)C1)CNC(=O)OCC1c2ccccc2-c2ccccc21. The molecule has 1 saturated heterocycles. The summed E-state index contributed by atoms with van der Waals surface area (Å²) in [5.74, 6) is -0.404. The highest BCUT2D eigenvalue weighted by Gasteiger charge is 2.33. The molecule has 0 radical (unpaired) electrons. The van der Waals surface area contributed by atoms with Gasteiger partial charge in [0.2, 0.25) is 5.91 Å². The highest BCUT2D eigenvalue weighted by atomic mass is 16.5. The second-order valence-corrected chi connectivity index (χ2v) is 9.98. The summed E-state index contributed by atoms with van der Waals surface area (Å²) in [6, 6.07) is 16.5. The summed E-state index contributed by atoms with van der Waals surface area (Å²) < 4.78 is 5.58. The average molecular weight is 479 g/mol. The quantitative estimate of drug-likeness (QED) is 0.553. The van der Waals surface area contributed by atoms with Crippen LogP contribution >= 0.6 is 0 Å². The van der Waals surface area contributed by atoms with Crippen LogP contribution in [-0.4, -0.2) is 54.2 Å². The van der Waals surface area contributed by atoms with Crippen molar-refractivity contribution in [1.82, 2.24) is 10.2 Å². The molecule has 7 nitrogen and oxygen atoms in total. The zero-order valence-corrected chi connectivity index (χ0v) is 20.4. The van der Waals surface area contributed by atoms with Gasteiger partial charge in [0.05, 0.1) is 6.42 Å². The monoisotopic (exact) mass is 478 g/mol. The Morgan fingerprint density at radius 2 is 1.69 bits per heavy atom. The molecule has 2 N–H and O–H groups in total. The van der Waals surface area contributed by atoms with Crippen LogP contribution in [0.4, 0.5) is 4.79 Å². The Kier molecular flexibility index (Phi) is 7.73. The van der Waals surface area contributed by atoms with Crippen molar-refractivity contribution in [1.29, 1.82) is 0 Å². The van der Waals surface area contributed by atoms with Gasteiger partial charge in [-0.3, -0.25) is 9.59 Å². The first kappa shape index (κ1) is 24.8. The predicted molar refractivity (Wildman–Crippen MR) is 133 cm³/mol. The number of carbonyl (C=O) groups is 3. The molecule has 1 aliphatic heterocycles. The standard InChI is InChI=1S/C28H34N2O5/c1-18(11-12-26(31)30-15-19(2)20(16-30)13-27(32)33)14-29-28(34)35-17-25-23-9-5-3-7-21(23)22-8-4-6-10-24(22)25/h3-10,18-20,25H,11-17H2,1-2H3,(H,29,34)(H,32,33). The van der Waals surface area contributed by atoms with Crippen LogP contribution in [0.3, 0.4) is 0 Å². The fourth-order valence-corrected chi connectivity index (χ4v) is 5.26. The van der Waals surface area contributed by atoms with Crippen LogP contribution in [0.15, 0.2) is 48.5 Å². The number of carbonyl (C=O) groups excluding carboxylic acids is 2. The summed E-state index contributed by atoms with van der Waals surface area (Å²) in [7, 11) is 0. The van der Waals surface area contributed by atoms with E-state index in [0.717, 1.165) is 0 Å². The van der Waals surface area contributed by atoms with Crippen molar-refractivity contribution < 1.29 is 24.2 Å². The zero-order valence-electron chi connectivity index (χ0n) is 20.4. The third-order valence-electron chi connectivity index (χ3n) is 7.35. The maximum atomic E-state index is 12.6. The van der Waals surface area contributed by atoms with Gasteiger partial charge in [-0.2, -0.15) is 0 Å². The van der Waals surface area contributed by atoms with Crippen LogP contribution in [0.25, 0.3) is 11.1 Å². The van der Waals surface area contributed by atoms with E-state index in [1.807, 2.05) is 38.1 Å². The molecule has 4 rings (SSSR count). The lowest BCUT2D eigenvalue weighted by atomic mass is 9.95. The highest BCUT2D eigenvalue weighted by Crippen LogP contribution is 2.44. The van der Waals surface area contributed by atoms with Crippen LogP contribution in [0, 0.1) is 17.8 Å². The number of fused-ring (bicyclic) bond motifs is 3. The number of benzene rings is 2. The fraction of sp³-hybridized carbons (Fsp3) is 0.464. The van der Waals surface area contributed by atoms with E-state index in [1.165, 1.54) is 22.3 Å². The summed E-state index contributed by atoms with van der Waals surface area (Å²) in [4.78, 5) is 37.7. The van der Waals surface area contributed by atoms with E-state index in [1.54, 1.807) is 4.90 Å². The molecule has 2 aromatic carbocycles. The number of carboxylic acids is 1. The normalized spacial score (nSPS) is 19.7. The molecule has 0 saturated carbocycles. The molecule has 1 fully saturated rings. The van der Waals surface area contributed by atoms with E-state index in [9.17, 15) is 14.4 Å². The van der Waals surface area contributed by atoms with E-state index in [0.29, 0.717) is 32.5 Å². The van der Waals surface area contributed by atoms with Crippen LogP contribution in [0.1, 0.15) is 50.2 Å². The average Bonchev–Trinajstić information content (AvgIpc) is 3.37. The minimum atomic E-state index is -0.816. The number of nitrogens with zero attached hydrogens (tertiary/aromatic N) is 1. The lowest BCUT2D eigenvalue weighted by Crippen LogP contribution is -2.32. The molecule has 2 amide bonds. The van der Waals surface area contributed by atoms with Gasteiger partial charge < -0.3 is 20.1 Å². The topological polar surface area (TPSA) is 95.9 Å². The van der Waals surface area contributed by atoms with Crippen molar-refractivity contribution >= 4 is 18.0 Å². The Labute approximate surface area is 206 Å². The van der Waals surface area contributed by atoms with Gasteiger partial charge in [-0.05, 0) is 46.4 Å². The van der Waals surface area contributed by atoms with Gasteiger partial charge in [0.25, 0.3) is 0 Å². The van der Waals surface area contributed by atoms with Crippen molar-refractivity contribution in [3.05, 3.63) is 59.7 Å². The largest absolute Gasteiger partial charge is 0.481 e. The molecule has 2 aliphatic rings. The molecule has 1 heterocycles. The van der Waals surface area contributed by atoms with E-state index in [4.69, 9.17) is 9.84 Å². The number of carboxylic acid groups (broad SMARTS) is 1. The van der Waals surface area contributed by atoms with Crippen molar-refractivity contribution in [3.63, 3.8) is 0 Å². The second-order valence-electron chi connectivity index (χ2n) is 9.98. The van der Waals surface area contributed by atoms with Crippen LogP contribution in [0.5, 0.6) is 0 Å². The number of amides is 2. The van der Waals surface area contributed by atoms with Crippen molar-refractivity contribution in [2.75, 3.05) is 26.2 Å². The summed E-state index contributed by atoms with van der Waals surface area (Å²) >= 11 is 0. The van der Waals surface area contributed by atoms with Gasteiger partial charge in [0.15, 0.2) is 0 Å². The molecule has 35 heavy (non-hydrogen) atoms. The molecule has 186 valence electrons. The molecule has 7 heteroatoms. The molecule has 0 spiro atoms. The van der Waals surface area contributed by atoms with Gasteiger partial charge in [0.1, 0.15) is 6.61 Å². The van der Waals surface area contributed by atoms with Gasteiger partial charge in [-0.15, -0.1) is 0 Å². The van der Waals surface area contributed by atoms with Gasteiger partial charge in [0, 0.05) is 32.0 Å². The molecule has 3 atom stereocenters. The molecule has 3 unspecified atom stereocenters. The Hall–Kier alpha value is -3.35. The number of nitrogens with one attached hydrogen (secondary N) is 1. The van der Waals surface area contributed by atoms with Gasteiger partial charge >= 0.3 is 12.1 Å². The molecule has 0 aromatic heterocycles. The van der Waals surface area contributed by atoms with Crippen LogP contribution in [0.2, 0.25) is 0 Å². The van der Waals surface area contributed by atoms with Crippen molar-refractivity contribution in [3.8, 4) is 11.1 Å². The predicted octanol–water partition coefficient (Wildman–Crippen LogP) is 4.51. The van der Waals surface area contributed by atoms with Crippen LogP contribution in [-0.2, 0) is 14.3 Å². The van der Waals surface area contributed by atoms with E-state index < -0.39 is 12.1 Å². The number of hydrogen-bond donors (Lipinski definition) is 2. The molecular formula is C28H34N2O5. The van der Waals surface area contributed by atoms with E-state index >= 15 is 0 Å². The van der Waals surface area contributed by atoms with Gasteiger partial charge in [-0.25, -0.2) is 4.79 Å². The highest BCUT2D eigenvalue weighted by molar-refractivity contribution is 5.79. The van der Waals surface area contributed by atoms with Gasteiger partial charge in [-0.1, -0.05) is 62.4 Å². The first-order valence-electron chi connectivity index (χ1n) is 12.4. The molecule has 2 aromatic rings. The Morgan fingerprint density at radius 3 is 2.31 bits per heavy atom. The lowest BCUT2D eigenvalue weighted by molar-refractivity contribution is -0.138. The van der Waals surface area contributed by atoms with Crippen LogP contribution < -0.4 is 5.32 Å². The molecule has 0 bridgehead atoms. The number of ether oxygens (including phenoxy) is 1. The third-order valence-corrected chi connectivity index (χ3v) is 7.35. The van der Waals surface area contributed by atoms with E-state index in [-0.39, 0.29) is 42.6 Å². The molecule has 1 aliphatic carbocycles. The third kappa shape index (κ3) is 5.84. The first-order chi connectivity index (χ1) is 16.8. The summed E-state index contributed by atoms with van der Waals surface area (Å²) in [5.41, 5.74) is 4.74. The Bertz CT molecular complexity index is 1040. The Morgan fingerprint density at radius 1 is 1.06 bits per heavy atom. The van der Waals surface area contributed by atoms with Crippen molar-refractivity contribution in [2.45, 2.75) is 39.0 Å². The number of aliphatic carboxylic acids is 1. The first-order valence-corrected chi connectivity index (χ1v) is 12.4. The smallest absolute Gasteiger partial charge is 0.407 e. The summed E-state index contributed by atoms with van der Waals surface area (Å²) in [5, 5.41) is 11.9. The number of rotatable bonds is 9.